The van der Waals surface area contributed by atoms with Gasteiger partial charge in [-0.25, -0.2) is 0 Å². The number of allylic oxidation sites excluding steroid dienone is 1. The zero-order valence-electron chi connectivity index (χ0n) is 10.6. The molecule has 1 aliphatic rings. The minimum Gasteiger partial charge on any atom is -0.490 e. The predicted octanol–water partition coefficient (Wildman–Crippen LogP) is 3.50. The van der Waals surface area contributed by atoms with Crippen molar-refractivity contribution in [1.29, 1.82) is 0 Å². The second-order valence-electron chi connectivity index (χ2n) is 4.67. The average Bonchev–Trinajstić information content (AvgIpc) is 3.02. The zero-order chi connectivity index (χ0) is 13.2. The third-order valence-corrected chi connectivity index (χ3v) is 3.12. The number of hydrogen-bond acceptors (Lipinski definition) is 3. The fourth-order valence-corrected chi connectivity index (χ4v) is 2.22. The van der Waals surface area contributed by atoms with E-state index in [1.807, 2.05) is 25.1 Å². The van der Waals surface area contributed by atoms with Gasteiger partial charge in [-0.15, -0.1) is 0 Å². The van der Waals surface area contributed by atoms with E-state index < -0.39 is 0 Å². The summed E-state index contributed by atoms with van der Waals surface area (Å²) < 4.78 is 10.8. The van der Waals surface area contributed by atoms with Crippen LogP contribution in [0.3, 0.4) is 0 Å². The molecular weight excluding hydrogens is 240 g/mol. The second kappa shape index (κ2) is 4.76. The van der Waals surface area contributed by atoms with Crippen LogP contribution in [0.5, 0.6) is 5.75 Å². The van der Waals surface area contributed by atoms with E-state index in [0.717, 1.165) is 17.7 Å². The highest BCUT2D eigenvalue weighted by Gasteiger charge is 2.19. The molecule has 0 N–H and O–H groups in total. The van der Waals surface area contributed by atoms with Crippen LogP contribution in [0.4, 0.5) is 0 Å². The molecule has 3 rings (SSSR count). The third kappa shape index (κ3) is 2.45. The van der Waals surface area contributed by atoms with Crippen LogP contribution in [0.2, 0.25) is 0 Å². The zero-order valence-corrected chi connectivity index (χ0v) is 10.6. The Labute approximate surface area is 111 Å². The SMILES string of the molecule is CC1Cc2cc(C(=O)/C=C/c3ccco3)ccc2O1. The van der Waals surface area contributed by atoms with Gasteiger partial charge in [0.2, 0.25) is 0 Å². The van der Waals surface area contributed by atoms with Crippen LogP contribution in [-0.4, -0.2) is 11.9 Å². The van der Waals surface area contributed by atoms with Crippen molar-refractivity contribution in [3.63, 3.8) is 0 Å². The maximum atomic E-state index is 12.1. The summed E-state index contributed by atoms with van der Waals surface area (Å²) in [5.74, 6) is 1.53. The molecule has 2 heterocycles. The minimum absolute atomic E-state index is 0.0289. The first kappa shape index (κ1) is 11.8. The molecule has 3 nitrogen and oxygen atoms in total. The van der Waals surface area contributed by atoms with E-state index in [1.54, 1.807) is 24.5 Å². The standard InChI is InChI=1S/C16H14O3/c1-11-9-13-10-12(4-7-16(13)19-11)15(17)6-5-14-3-2-8-18-14/h2-8,10-11H,9H2,1H3/b6-5+. The van der Waals surface area contributed by atoms with Crippen molar-refractivity contribution < 1.29 is 13.9 Å². The van der Waals surface area contributed by atoms with Gasteiger partial charge < -0.3 is 9.15 Å². The summed E-state index contributed by atoms with van der Waals surface area (Å²) in [7, 11) is 0. The van der Waals surface area contributed by atoms with Crippen LogP contribution in [0, 0.1) is 0 Å². The van der Waals surface area contributed by atoms with Crippen molar-refractivity contribution >= 4 is 11.9 Å². The fraction of sp³-hybridized carbons (Fsp3) is 0.188. The molecule has 0 saturated carbocycles. The van der Waals surface area contributed by atoms with Crippen LogP contribution >= 0.6 is 0 Å². The van der Waals surface area contributed by atoms with Gasteiger partial charge in [-0.05, 0) is 55.0 Å². The summed E-state index contributed by atoms with van der Waals surface area (Å²) in [5, 5.41) is 0. The Morgan fingerprint density at radius 2 is 2.26 bits per heavy atom. The molecule has 1 atom stereocenters. The molecule has 1 aliphatic heterocycles. The first-order valence-corrected chi connectivity index (χ1v) is 6.28. The number of rotatable bonds is 3. The number of fused-ring (bicyclic) bond motifs is 1. The van der Waals surface area contributed by atoms with Crippen LogP contribution in [0.25, 0.3) is 6.08 Å². The molecule has 1 aromatic carbocycles. The van der Waals surface area contributed by atoms with Gasteiger partial charge in [0.15, 0.2) is 5.78 Å². The second-order valence-corrected chi connectivity index (χ2v) is 4.67. The number of benzene rings is 1. The molecule has 0 bridgehead atoms. The quantitative estimate of drug-likeness (QED) is 0.621. The number of ketones is 1. The van der Waals surface area contributed by atoms with Crippen molar-refractivity contribution in [2.45, 2.75) is 19.4 Å². The van der Waals surface area contributed by atoms with Crippen molar-refractivity contribution in [2.24, 2.45) is 0 Å². The number of carbonyl (C=O) groups is 1. The van der Waals surface area contributed by atoms with E-state index in [0.29, 0.717) is 11.3 Å². The van der Waals surface area contributed by atoms with Gasteiger partial charge >= 0.3 is 0 Å². The lowest BCUT2D eigenvalue weighted by Crippen LogP contribution is -2.05. The van der Waals surface area contributed by atoms with E-state index in [4.69, 9.17) is 9.15 Å². The molecule has 2 aromatic rings. The van der Waals surface area contributed by atoms with Gasteiger partial charge in [-0.2, -0.15) is 0 Å². The van der Waals surface area contributed by atoms with Crippen molar-refractivity contribution in [1.82, 2.24) is 0 Å². The summed E-state index contributed by atoms with van der Waals surface area (Å²) >= 11 is 0. The van der Waals surface area contributed by atoms with Crippen LogP contribution in [0.15, 0.2) is 47.1 Å². The molecule has 19 heavy (non-hydrogen) atoms. The smallest absolute Gasteiger partial charge is 0.185 e. The van der Waals surface area contributed by atoms with Crippen LogP contribution < -0.4 is 4.74 Å². The van der Waals surface area contributed by atoms with Crippen LogP contribution in [-0.2, 0) is 6.42 Å². The van der Waals surface area contributed by atoms with Gasteiger partial charge in [0.25, 0.3) is 0 Å². The first-order valence-electron chi connectivity index (χ1n) is 6.28. The number of hydrogen-bond donors (Lipinski definition) is 0. The van der Waals surface area contributed by atoms with E-state index >= 15 is 0 Å². The molecule has 96 valence electrons. The molecule has 0 radical (unpaired) electrons. The highest BCUT2D eigenvalue weighted by Crippen LogP contribution is 2.29. The molecule has 0 amide bonds. The molecule has 0 spiro atoms. The third-order valence-electron chi connectivity index (χ3n) is 3.12. The lowest BCUT2D eigenvalue weighted by Gasteiger charge is -2.02. The highest BCUT2D eigenvalue weighted by atomic mass is 16.5. The molecule has 0 aliphatic carbocycles. The van der Waals surface area contributed by atoms with Crippen molar-refractivity contribution in [2.75, 3.05) is 0 Å². The molecule has 0 fully saturated rings. The largest absolute Gasteiger partial charge is 0.490 e. The number of ether oxygens (including phenoxy) is 1. The molecule has 1 aromatic heterocycles. The maximum absolute atomic E-state index is 12.1. The van der Waals surface area contributed by atoms with Gasteiger partial charge in [0, 0.05) is 12.0 Å². The van der Waals surface area contributed by atoms with Gasteiger partial charge in [-0.1, -0.05) is 0 Å². The van der Waals surface area contributed by atoms with Gasteiger partial charge in [0.05, 0.1) is 6.26 Å². The predicted molar refractivity (Wildman–Crippen MR) is 72.3 cm³/mol. The summed E-state index contributed by atoms with van der Waals surface area (Å²) in [6, 6.07) is 9.17. The van der Waals surface area contributed by atoms with E-state index in [-0.39, 0.29) is 11.9 Å². The Balaban J connectivity index is 1.79. The Morgan fingerprint density at radius 1 is 1.37 bits per heavy atom. The number of carbonyl (C=O) groups excluding carboxylic acids is 1. The number of furan rings is 1. The average molecular weight is 254 g/mol. The fourth-order valence-electron chi connectivity index (χ4n) is 2.22. The summed E-state index contributed by atoms with van der Waals surface area (Å²) in [6.45, 7) is 2.03. The maximum Gasteiger partial charge on any atom is 0.185 e. The highest BCUT2D eigenvalue weighted by molar-refractivity contribution is 6.06. The Kier molecular flexibility index (Phi) is 2.95. The minimum atomic E-state index is -0.0289. The summed E-state index contributed by atoms with van der Waals surface area (Å²) in [5.41, 5.74) is 1.78. The monoisotopic (exact) mass is 254 g/mol. The molecule has 1 unspecified atom stereocenters. The van der Waals surface area contributed by atoms with E-state index in [2.05, 4.69) is 0 Å². The van der Waals surface area contributed by atoms with Crippen molar-refractivity contribution in [3.05, 3.63) is 59.6 Å². The van der Waals surface area contributed by atoms with E-state index in [1.165, 1.54) is 6.08 Å². The molecule has 3 heteroatoms. The van der Waals surface area contributed by atoms with Crippen molar-refractivity contribution in [3.8, 4) is 5.75 Å². The lowest BCUT2D eigenvalue weighted by atomic mass is 10.0. The first-order chi connectivity index (χ1) is 9.22. The van der Waals surface area contributed by atoms with Gasteiger partial charge in [0.1, 0.15) is 17.6 Å². The Hall–Kier alpha value is -2.29. The summed E-state index contributed by atoms with van der Waals surface area (Å²) in [6.07, 6.45) is 5.84. The molecular formula is C16H14O3. The van der Waals surface area contributed by atoms with Crippen LogP contribution in [0.1, 0.15) is 28.6 Å². The summed E-state index contributed by atoms with van der Waals surface area (Å²) in [4.78, 5) is 12.1. The van der Waals surface area contributed by atoms with Gasteiger partial charge in [-0.3, -0.25) is 4.79 Å². The Bertz CT molecular complexity index is 623. The van der Waals surface area contributed by atoms with E-state index in [9.17, 15) is 4.79 Å². The topological polar surface area (TPSA) is 39.4 Å². The molecule has 0 saturated heterocycles. The Morgan fingerprint density at radius 3 is 3.05 bits per heavy atom. The normalized spacial score (nSPS) is 17.4. The lowest BCUT2D eigenvalue weighted by molar-refractivity contribution is 0.104.